The van der Waals surface area contributed by atoms with Crippen LogP contribution in [0.2, 0.25) is 0 Å². The van der Waals surface area contributed by atoms with Gasteiger partial charge in [0.2, 0.25) is 0 Å². The fourth-order valence-corrected chi connectivity index (χ4v) is 3.95. The van der Waals surface area contributed by atoms with Crippen LogP contribution in [0, 0.1) is 11.3 Å². The predicted octanol–water partition coefficient (Wildman–Crippen LogP) is 4.81. The van der Waals surface area contributed by atoms with Gasteiger partial charge in [0.25, 0.3) is 0 Å². The van der Waals surface area contributed by atoms with E-state index >= 15 is 0 Å². The van der Waals surface area contributed by atoms with E-state index in [-0.39, 0.29) is 0 Å². The van der Waals surface area contributed by atoms with Crippen molar-refractivity contribution in [1.82, 2.24) is 14.5 Å². The second-order valence-electron chi connectivity index (χ2n) is 6.11. The molecule has 0 spiro atoms. The van der Waals surface area contributed by atoms with Gasteiger partial charge >= 0.3 is 0 Å². The van der Waals surface area contributed by atoms with Gasteiger partial charge in [-0.1, -0.05) is 30.3 Å². The van der Waals surface area contributed by atoms with Gasteiger partial charge in [0, 0.05) is 11.9 Å². The minimum atomic E-state index is 0.541. The van der Waals surface area contributed by atoms with Crippen LogP contribution in [0.3, 0.4) is 0 Å². The molecule has 2 aromatic carbocycles. The average molecular weight is 373 g/mol. The second-order valence-corrected chi connectivity index (χ2v) is 6.91. The molecular weight excluding hydrogens is 354 g/mol. The first-order valence-corrected chi connectivity index (χ1v) is 10.0. The fourth-order valence-electron chi connectivity index (χ4n) is 3.41. The number of fused-ring (bicyclic) bond motifs is 2. The van der Waals surface area contributed by atoms with Crippen molar-refractivity contribution in [2.45, 2.75) is 25.0 Å². The summed E-state index contributed by atoms with van der Waals surface area (Å²) in [6.45, 7) is 3.50. The topological polar surface area (TPSA) is 66.5 Å². The Balaban J connectivity index is 1.79. The minimum absolute atomic E-state index is 0.541. The monoisotopic (exact) mass is 373 g/mol. The summed E-state index contributed by atoms with van der Waals surface area (Å²) in [6, 6.07) is 18.4. The maximum Gasteiger partial charge on any atom is 0.129 e. The number of nitrogens with zero attached hydrogens (tertiary/aromatic N) is 4. The molecule has 6 heteroatoms. The molecule has 0 aliphatic heterocycles. The highest BCUT2D eigenvalue weighted by Gasteiger charge is 2.16. The van der Waals surface area contributed by atoms with Crippen molar-refractivity contribution in [3.63, 3.8) is 0 Å². The molecule has 0 bridgehead atoms. The number of thioether (sulfide) groups is 1. The lowest BCUT2D eigenvalue weighted by atomic mass is 10.1. The van der Waals surface area contributed by atoms with E-state index in [1.54, 1.807) is 0 Å². The summed E-state index contributed by atoms with van der Waals surface area (Å²) < 4.78 is 2.20. The van der Waals surface area contributed by atoms with Gasteiger partial charge in [-0.3, -0.25) is 0 Å². The molecule has 5 nitrogen and oxygen atoms in total. The van der Waals surface area contributed by atoms with Crippen LogP contribution in [-0.2, 0) is 13.1 Å². The fraction of sp³-hybridized carbons (Fsp3) is 0.190. The Morgan fingerprint density at radius 3 is 2.56 bits per heavy atom. The Kier molecular flexibility index (Phi) is 4.69. The van der Waals surface area contributed by atoms with E-state index in [0.29, 0.717) is 12.1 Å². The first-order valence-electron chi connectivity index (χ1n) is 8.81. The molecule has 0 aliphatic rings. The molecular formula is C21H19N5S. The van der Waals surface area contributed by atoms with Crippen molar-refractivity contribution in [3.8, 4) is 6.07 Å². The predicted molar refractivity (Wildman–Crippen MR) is 111 cm³/mol. The molecule has 0 atom stereocenters. The number of nitrogens with one attached hydrogen (secondary N) is 1. The maximum absolute atomic E-state index is 9.74. The largest absolute Gasteiger partial charge is 0.376 e. The Morgan fingerprint density at radius 1 is 1.07 bits per heavy atom. The highest BCUT2D eigenvalue weighted by molar-refractivity contribution is 7.98. The third-order valence-electron chi connectivity index (χ3n) is 4.64. The lowest BCUT2D eigenvalue weighted by Gasteiger charge is -2.14. The molecule has 4 aromatic rings. The van der Waals surface area contributed by atoms with Gasteiger partial charge in [0.1, 0.15) is 22.5 Å². The van der Waals surface area contributed by atoms with Crippen LogP contribution in [0.1, 0.15) is 18.3 Å². The highest BCUT2D eigenvalue weighted by Crippen LogP contribution is 2.32. The van der Waals surface area contributed by atoms with E-state index in [2.05, 4.69) is 33.9 Å². The van der Waals surface area contributed by atoms with Crippen LogP contribution in [0.4, 0.5) is 5.69 Å². The van der Waals surface area contributed by atoms with Crippen molar-refractivity contribution >= 4 is 39.4 Å². The standard InChI is InChI=1S/C21H19N5S/c1-3-26-18-11-7-6-10-17(18)24-19(26)13-23-20-14-8-4-5-9-16(14)25-21(27-2)15(20)12-22/h4-11H,3,13H2,1-2H3,(H,23,25). The van der Waals surface area contributed by atoms with Crippen LogP contribution in [0.15, 0.2) is 53.6 Å². The summed E-state index contributed by atoms with van der Waals surface area (Å²) in [4.78, 5) is 9.40. The molecule has 0 saturated heterocycles. The molecule has 2 heterocycles. The van der Waals surface area contributed by atoms with Gasteiger partial charge < -0.3 is 9.88 Å². The quantitative estimate of drug-likeness (QED) is 0.509. The van der Waals surface area contributed by atoms with Gasteiger partial charge in [-0.25, -0.2) is 9.97 Å². The molecule has 0 aliphatic carbocycles. The van der Waals surface area contributed by atoms with Crippen molar-refractivity contribution in [3.05, 3.63) is 59.9 Å². The number of anilines is 1. The van der Waals surface area contributed by atoms with Crippen LogP contribution >= 0.6 is 11.8 Å². The second kappa shape index (κ2) is 7.29. The normalized spacial score (nSPS) is 11.0. The summed E-state index contributed by atoms with van der Waals surface area (Å²) in [5, 5.41) is 14.9. The van der Waals surface area contributed by atoms with Gasteiger partial charge in [-0.15, -0.1) is 11.8 Å². The molecule has 0 fully saturated rings. The van der Waals surface area contributed by atoms with Crippen molar-refractivity contribution in [2.24, 2.45) is 0 Å². The molecule has 0 saturated carbocycles. The van der Waals surface area contributed by atoms with Crippen LogP contribution in [0.5, 0.6) is 0 Å². The van der Waals surface area contributed by atoms with E-state index in [9.17, 15) is 5.26 Å². The average Bonchev–Trinajstić information content (AvgIpc) is 3.08. The Hall–Kier alpha value is -3.04. The molecule has 2 aromatic heterocycles. The number of rotatable bonds is 5. The zero-order chi connectivity index (χ0) is 18.8. The van der Waals surface area contributed by atoms with Gasteiger partial charge in [-0.2, -0.15) is 5.26 Å². The number of pyridine rings is 1. The third kappa shape index (κ3) is 3.00. The molecule has 0 amide bonds. The summed E-state index contributed by atoms with van der Waals surface area (Å²) >= 11 is 1.49. The first kappa shape index (κ1) is 17.4. The number of imidazole rings is 1. The van der Waals surface area contributed by atoms with Gasteiger partial charge in [0.15, 0.2) is 0 Å². The number of hydrogen-bond donors (Lipinski definition) is 1. The van der Waals surface area contributed by atoms with Crippen molar-refractivity contribution in [2.75, 3.05) is 11.6 Å². The summed E-state index contributed by atoms with van der Waals surface area (Å²) in [6.07, 6.45) is 1.94. The summed E-state index contributed by atoms with van der Waals surface area (Å²) in [5.74, 6) is 0.953. The van der Waals surface area contributed by atoms with E-state index in [4.69, 9.17) is 4.98 Å². The number of aryl methyl sites for hydroxylation is 1. The van der Waals surface area contributed by atoms with Crippen molar-refractivity contribution < 1.29 is 0 Å². The summed E-state index contributed by atoms with van der Waals surface area (Å²) in [5.41, 5.74) is 4.40. The van der Waals surface area contributed by atoms with Crippen LogP contribution in [-0.4, -0.2) is 20.8 Å². The molecule has 0 unspecified atom stereocenters. The highest BCUT2D eigenvalue weighted by atomic mass is 32.2. The molecule has 1 N–H and O–H groups in total. The Labute approximate surface area is 162 Å². The van der Waals surface area contributed by atoms with E-state index < -0.39 is 0 Å². The van der Waals surface area contributed by atoms with Crippen LogP contribution in [0.25, 0.3) is 21.9 Å². The van der Waals surface area contributed by atoms with Gasteiger partial charge in [-0.05, 0) is 31.4 Å². The van der Waals surface area contributed by atoms with Crippen molar-refractivity contribution in [1.29, 1.82) is 5.26 Å². The van der Waals surface area contributed by atoms with E-state index in [1.807, 2.05) is 48.7 Å². The Bertz CT molecular complexity index is 1170. The van der Waals surface area contributed by atoms with E-state index in [1.165, 1.54) is 11.8 Å². The maximum atomic E-state index is 9.74. The molecule has 134 valence electrons. The zero-order valence-electron chi connectivity index (χ0n) is 15.2. The Morgan fingerprint density at radius 2 is 1.81 bits per heavy atom. The minimum Gasteiger partial charge on any atom is -0.376 e. The SMILES string of the molecule is CCn1c(CNc2c(C#N)c(SC)nc3ccccc23)nc2ccccc21. The lowest BCUT2D eigenvalue weighted by Crippen LogP contribution is -2.10. The number of hydrogen-bond acceptors (Lipinski definition) is 5. The smallest absolute Gasteiger partial charge is 0.129 e. The molecule has 27 heavy (non-hydrogen) atoms. The first-order chi connectivity index (χ1) is 13.3. The number of benzene rings is 2. The lowest BCUT2D eigenvalue weighted by molar-refractivity contribution is 0.729. The van der Waals surface area contributed by atoms with Crippen LogP contribution < -0.4 is 5.32 Å². The third-order valence-corrected chi connectivity index (χ3v) is 5.32. The summed E-state index contributed by atoms with van der Waals surface area (Å²) in [7, 11) is 0. The van der Waals surface area contributed by atoms with E-state index in [0.717, 1.165) is 45.0 Å². The number of aromatic nitrogens is 3. The molecule has 4 rings (SSSR count). The van der Waals surface area contributed by atoms with Gasteiger partial charge in [0.05, 0.1) is 28.8 Å². The molecule has 0 radical (unpaired) electrons. The number of nitriles is 1. The zero-order valence-corrected chi connectivity index (χ0v) is 16.0. The number of para-hydroxylation sites is 3.